The molecule has 106 valence electrons. The third-order valence-corrected chi connectivity index (χ3v) is 4.20. The van der Waals surface area contributed by atoms with E-state index in [-0.39, 0.29) is 29.4 Å². The van der Waals surface area contributed by atoms with Crippen molar-refractivity contribution in [3.63, 3.8) is 0 Å². The monoisotopic (exact) mass is 289 g/mol. The van der Waals surface area contributed by atoms with Crippen molar-refractivity contribution in [1.29, 1.82) is 0 Å². The van der Waals surface area contributed by atoms with E-state index >= 15 is 0 Å². The lowest BCUT2D eigenvalue weighted by Crippen LogP contribution is -2.18. The first-order chi connectivity index (χ1) is 8.85. The zero-order valence-corrected chi connectivity index (χ0v) is 11.4. The fraction of sp³-hybridized carbons (Fsp3) is 0.417. The Bertz CT molecular complexity index is 557. The normalized spacial score (nSPS) is 11.3. The Hall–Kier alpha value is -1.63. The van der Waals surface area contributed by atoms with Crippen molar-refractivity contribution < 1.29 is 22.3 Å². The number of rotatable bonds is 6. The van der Waals surface area contributed by atoms with Crippen LogP contribution in [0.3, 0.4) is 0 Å². The molecule has 1 rings (SSSR count). The highest BCUT2D eigenvalue weighted by molar-refractivity contribution is 7.91. The van der Waals surface area contributed by atoms with Gasteiger partial charge in [-0.2, -0.15) is 0 Å². The van der Waals surface area contributed by atoms with Crippen molar-refractivity contribution in [1.82, 2.24) is 0 Å². The molecule has 0 aliphatic heterocycles. The van der Waals surface area contributed by atoms with E-state index < -0.39 is 21.6 Å². The van der Waals surface area contributed by atoms with Crippen LogP contribution in [0.1, 0.15) is 23.7 Å². The van der Waals surface area contributed by atoms with Crippen molar-refractivity contribution in [2.45, 2.75) is 13.3 Å². The van der Waals surface area contributed by atoms with Crippen molar-refractivity contribution >= 4 is 21.5 Å². The topological polar surface area (TPSA) is 86.5 Å². The minimum Gasteiger partial charge on any atom is -0.461 e. The molecular weight excluding hydrogens is 273 g/mol. The summed E-state index contributed by atoms with van der Waals surface area (Å²) in [7, 11) is -3.21. The molecule has 1 aromatic carbocycles. The molecule has 0 aliphatic carbocycles. The molecule has 19 heavy (non-hydrogen) atoms. The Balaban J connectivity index is 2.59. The molecule has 0 aromatic heterocycles. The van der Waals surface area contributed by atoms with Gasteiger partial charge in [-0.3, -0.25) is 0 Å². The van der Waals surface area contributed by atoms with Gasteiger partial charge in [0.15, 0.2) is 9.84 Å². The van der Waals surface area contributed by atoms with Gasteiger partial charge >= 0.3 is 5.97 Å². The number of carbonyl (C=O) groups is 1. The summed E-state index contributed by atoms with van der Waals surface area (Å²) in [5, 5.41) is 0. The highest BCUT2D eigenvalue weighted by Gasteiger charge is 2.15. The highest BCUT2D eigenvalue weighted by atomic mass is 32.2. The lowest BCUT2D eigenvalue weighted by molar-refractivity contribution is 0.0530. The second kappa shape index (κ2) is 6.51. The Kier molecular flexibility index (Phi) is 5.29. The molecule has 0 spiro atoms. The number of nitrogens with two attached hydrogens (primary N) is 1. The summed E-state index contributed by atoms with van der Waals surface area (Å²) in [5.41, 5.74) is 5.49. The largest absolute Gasteiger partial charge is 0.461 e. The lowest BCUT2D eigenvalue weighted by Gasteiger charge is -2.07. The van der Waals surface area contributed by atoms with Gasteiger partial charge in [-0.1, -0.05) is 6.92 Å². The van der Waals surface area contributed by atoms with Gasteiger partial charge in [-0.25, -0.2) is 17.6 Å². The number of esters is 1. The summed E-state index contributed by atoms with van der Waals surface area (Å²) < 4.78 is 40.5. The molecule has 1 aromatic rings. The third-order valence-electron chi connectivity index (χ3n) is 2.38. The van der Waals surface area contributed by atoms with Gasteiger partial charge in [-0.15, -0.1) is 0 Å². The Morgan fingerprint density at radius 3 is 2.68 bits per heavy atom. The van der Waals surface area contributed by atoms with Crippen LogP contribution in [0, 0.1) is 5.82 Å². The molecule has 0 atom stereocenters. The van der Waals surface area contributed by atoms with Crippen LogP contribution >= 0.6 is 0 Å². The second-order valence-electron chi connectivity index (χ2n) is 4.02. The van der Waals surface area contributed by atoms with Crippen molar-refractivity contribution in [2.24, 2.45) is 0 Å². The maximum absolute atomic E-state index is 13.0. The summed E-state index contributed by atoms with van der Waals surface area (Å²) >= 11 is 0. The minimum atomic E-state index is -3.21. The molecule has 5 nitrogen and oxygen atoms in total. The zero-order valence-electron chi connectivity index (χ0n) is 10.6. The Morgan fingerprint density at radius 1 is 1.37 bits per heavy atom. The molecule has 0 radical (unpaired) electrons. The number of hydrogen-bond acceptors (Lipinski definition) is 5. The quantitative estimate of drug-likeness (QED) is 0.631. The molecule has 0 saturated carbocycles. The van der Waals surface area contributed by atoms with E-state index in [0.29, 0.717) is 6.42 Å². The van der Waals surface area contributed by atoms with Crippen LogP contribution in [0.4, 0.5) is 10.1 Å². The van der Waals surface area contributed by atoms with Crippen molar-refractivity contribution in [2.75, 3.05) is 23.8 Å². The fourth-order valence-electron chi connectivity index (χ4n) is 1.46. The second-order valence-corrected chi connectivity index (χ2v) is 6.32. The Labute approximate surface area is 111 Å². The van der Waals surface area contributed by atoms with E-state index in [4.69, 9.17) is 10.5 Å². The van der Waals surface area contributed by atoms with E-state index in [2.05, 4.69) is 0 Å². The van der Waals surface area contributed by atoms with Crippen LogP contribution in [0.2, 0.25) is 0 Å². The van der Waals surface area contributed by atoms with Crippen LogP contribution in [0.5, 0.6) is 0 Å². The molecule has 0 fully saturated rings. The van der Waals surface area contributed by atoms with Crippen LogP contribution < -0.4 is 5.73 Å². The molecule has 2 N–H and O–H groups in total. The fourth-order valence-corrected chi connectivity index (χ4v) is 2.62. The maximum Gasteiger partial charge on any atom is 0.340 e. The first kappa shape index (κ1) is 15.4. The Morgan fingerprint density at radius 2 is 2.05 bits per heavy atom. The zero-order chi connectivity index (χ0) is 14.5. The summed E-state index contributed by atoms with van der Waals surface area (Å²) in [4.78, 5) is 11.6. The molecule has 0 amide bonds. The number of benzene rings is 1. The van der Waals surface area contributed by atoms with Crippen LogP contribution in [0.15, 0.2) is 18.2 Å². The number of sulfone groups is 1. The maximum atomic E-state index is 13.0. The number of carbonyl (C=O) groups excluding carboxylic acids is 1. The average molecular weight is 289 g/mol. The van der Waals surface area contributed by atoms with Gasteiger partial charge in [0.2, 0.25) is 0 Å². The number of anilines is 1. The van der Waals surface area contributed by atoms with E-state index in [0.717, 1.165) is 12.1 Å². The van der Waals surface area contributed by atoms with Gasteiger partial charge in [-0.05, 0) is 24.6 Å². The van der Waals surface area contributed by atoms with Crippen molar-refractivity contribution in [3.8, 4) is 0 Å². The van der Waals surface area contributed by atoms with Crippen molar-refractivity contribution in [3.05, 3.63) is 29.6 Å². The standard InChI is InChI=1S/C12H16FNO4S/c1-2-6-19(16,17)7-5-18-12(15)10-8-9(13)3-4-11(10)14/h3-4,8H,2,5-7,14H2,1H3. The average Bonchev–Trinajstić information content (AvgIpc) is 2.31. The molecule has 7 heteroatoms. The predicted molar refractivity (Wildman–Crippen MR) is 70.0 cm³/mol. The SMILES string of the molecule is CCCS(=O)(=O)CCOC(=O)c1cc(F)ccc1N. The number of nitrogen functional groups attached to an aromatic ring is 1. The summed E-state index contributed by atoms with van der Waals surface area (Å²) in [6.07, 6.45) is 0.507. The molecule has 0 bridgehead atoms. The lowest BCUT2D eigenvalue weighted by atomic mass is 10.2. The number of hydrogen-bond donors (Lipinski definition) is 1. The molecule has 0 aliphatic rings. The van der Waals surface area contributed by atoms with Gasteiger partial charge in [0, 0.05) is 5.69 Å². The third kappa shape index (κ3) is 4.86. The first-order valence-electron chi connectivity index (χ1n) is 5.78. The van der Waals surface area contributed by atoms with E-state index in [1.807, 2.05) is 0 Å². The predicted octanol–water partition coefficient (Wildman–Crippen LogP) is 1.39. The highest BCUT2D eigenvalue weighted by Crippen LogP contribution is 2.14. The van der Waals surface area contributed by atoms with Gasteiger partial charge in [0.25, 0.3) is 0 Å². The molecule has 0 unspecified atom stereocenters. The summed E-state index contributed by atoms with van der Waals surface area (Å²) in [6, 6.07) is 3.33. The van der Waals surface area contributed by atoms with E-state index in [9.17, 15) is 17.6 Å². The van der Waals surface area contributed by atoms with Gasteiger partial charge in [0.05, 0.1) is 17.1 Å². The van der Waals surface area contributed by atoms with Gasteiger partial charge < -0.3 is 10.5 Å². The summed E-state index contributed by atoms with van der Waals surface area (Å²) in [6.45, 7) is 1.48. The van der Waals surface area contributed by atoms with Crippen LogP contribution in [0.25, 0.3) is 0 Å². The number of ether oxygens (including phenoxy) is 1. The summed E-state index contributed by atoms with van der Waals surface area (Å²) in [5.74, 6) is -1.64. The van der Waals surface area contributed by atoms with E-state index in [1.165, 1.54) is 6.07 Å². The van der Waals surface area contributed by atoms with E-state index in [1.54, 1.807) is 6.92 Å². The molecule has 0 heterocycles. The molecule has 0 saturated heterocycles. The van der Waals surface area contributed by atoms with Crippen LogP contribution in [-0.4, -0.2) is 32.5 Å². The smallest absolute Gasteiger partial charge is 0.340 e. The first-order valence-corrected chi connectivity index (χ1v) is 7.60. The minimum absolute atomic E-state index is 0.0483. The van der Waals surface area contributed by atoms with Gasteiger partial charge in [0.1, 0.15) is 12.4 Å². The van der Waals surface area contributed by atoms with Crippen LogP contribution in [-0.2, 0) is 14.6 Å². The number of halogens is 1. The molecular formula is C12H16FNO4S.